The van der Waals surface area contributed by atoms with Crippen LogP contribution in [0.1, 0.15) is 5.56 Å². The molecule has 120 valence electrons. The molecule has 0 aromatic heterocycles. The van der Waals surface area contributed by atoms with Gasteiger partial charge in [0.1, 0.15) is 0 Å². The SMILES string of the molecule is Cc1cccc(-c2ccc(-c3ccc(-c4ccccc4)cc3)cc2)c1. The van der Waals surface area contributed by atoms with Crippen molar-refractivity contribution in [3.05, 3.63) is 109 Å². The normalized spacial score (nSPS) is 10.6. The Labute approximate surface area is 149 Å². The minimum absolute atomic E-state index is 1.25. The zero-order valence-electron chi connectivity index (χ0n) is 14.3. The van der Waals surface area contributed by atoms with Crippen LogP contribution in [0.5, 0.6) is 0 Å². The first-order valence-corrected chi connectivity index (χ1v) is 8.62. The fraction of sp³-hybridized carbons (Fsp3) is 0.0400. The summed E-state index contributed by atoms with van der Waals surface area (Å²) in [6.45, 7) is 2.13. The summed E-state index contributed by atoms with van der Waals surface area (Å²) >= 11 is 0. The molecule has 4 aromatic carbocycles. The Morgan fingerprint density at radius 3 is 1.24 bits per heavy atom. The number of aryl methyl sites for hydroxylation is 1. The molecule has 0 unspecified atom stereocenters. The van der Waals surface area contributed by atoms with Crippen LogP contribution in [0.25, 0.3) is 33.4 Å². The van der Waals surface area contributed by atoms with E-state index < -0.39 is 0 Å². The van der Waals surface area contributed by atoms with Crippen molar-refractivity contribution in [1.82, 2.24) is 0 Å². The summed E-state index contributed by atoms with van der Waals surface area (Å²) in [5.41, 5.74) is 8.81. The fourth-order valence-corrected chi connectivity index (χ4v) is 3.17. The Hall–Kier alpha value is -3.12. The van der Waals surface area contributed by atoms with E-state index in [0.29, 0.717) is 0 Å². The van der Waals surface area contributed by atoms with Gasteiger partial charge in [-0.1, -0.05) is 109 Å². The molecule has 0 N–H and O–H groups in total. The van der Waals surface area contributed by atoms with Gasteiger partial charge in [-0.25, -0.2) is 0 Å². The van der Waals surface area contributed by atoms with Crippen LogP contribution < -0.4 is 0 Å². The zero-order chi connectivity index (χ0) is 17.1. The van der Waals surface area contributed by atoms with E-state index in [9.17, 15) is 0 Å². The molecule has 0 fully saturated rings. The highest BCUT2D eigenvalue weighted by Crippen LogP contribution is 2.27. The molecule has 0 radical (unpaired) electrons. The molecule has 4 aromatic rings. The maximum absolute atomic E-state index is 2.23. The van der Waals surface area contributed by atoms with Crippen molar-refractivity contribution in [2.45, 2.75) is 6.92 Å². The largest absolute Gasteiger partial charge is 0.0622 e. The van der Waals surface area contributed by atoms with Gasteiger partial charge in [0.2, 0.25) is 0 Å². The van der Waals surface area contributed by atoms with Crippen LogP contribution >= 0.6 is 0 Å². The van der Waals surface area contributed by atoms with E-state index in [0.717, 1.165) is 0 Å². The van der Waals surface area contributed by atoms with Gasteiger partial charge in [0, 0.05) is 0 Å². The highest BCUT2D eigenvalue weighted by atomic mass is 14.1. The van der Waals surface area contributed by atoms with Crippen LogP contribution in [0.15, 0.2) is 103 Å². The molecule has 0 aliphatic heterocycles. The summed E-state index contributed by atoms with van der Waals surface area (Å²) in [6.07, 6.45) is 0. The van der Waals surface area contributed by atoms with Gasteiger partial charge >= 0.3 is 0 Å². The molecule has 0 heteroatoms. The number of hydrogen-bond donors (Lipinski definition) is 0. The summed E-state index contributed by atoms with van der Waals surface area (Å²) in [7, 11) is 0. The Kier molecular flexibility index (Phi) is 4.18. The van der Waals surface area contributed by atoms with Gasteiger partial charge in [-0.2, -0.15) is 0 Å². The molecule has 0 heterocycles. The first-order valence-electron chi connectivity index (χ1n) is 8.62. The van der Waals surface area contributed by atoms with E-state index in [1.54, 1.807) is 0 Å². The summed E-state index contributed by atoms with van der Waals surface area (Å²) in [6, 6.07) is 36.7. The van der Waals surface area contributed by atoms with Gasteiger partial charge in [0.25, 0.3) is 0 Å². The second kappa shape index (κ2) is 6.78. The first-order chi connectivity index (χ1) is 12.3. The van der Waals surface area contributed by atoms with Crippen molar-refractivity contribution in [3.63, 3.8) is 0 Å². The molecule has 0 nitrogen and oxygen atoms in total. The molecule has 0 spiro atoms. The first kappa shape index (κ1) is 15.4. The van der Waals surface area contributed by atoms with Crippen molar-refractivity contribution in [1.29, 1.82) is 0 Å². The Bertz CT molecular complexity index is 962. The molecule has 0 atom stereocenters. The van der Waals surface area contributed by atoms with Crippen molar-refractivity contribution in [2.24, 2.45) is 0 Å². The second-order valence-electron chi connectivity index (χ2n) is 6.39. The smallest absolute Gasteiger partial charge is 0.0181 e. The highest BCUT2D eigenvalue weighted by molar-refractivity contribution is 5.73. The molecule has 0 saturated carbocycles. The maximum atomic E-state index is 2.23. The average molecular weight is 320 g/mol. The van der Waals surface area contributed by atoms with Crippen LogP contribution in [0.3, 0.4) is 0 Å². The van der Waals surface area contributed by atoms with Gasteiger partial charge in [0.05, 0.1) is 0 Å². The highest BCUT2D eigenvalue weighted by Gasteiger charge is 2.02. The lowest BCUT2D eigenvalue weighted by Gasteiger charge is -2.07. The average Bonchev–Trinajstić information content (AvgIpc) is 2.69. The Morgan fingerprint density at radius 1 is 0.360 bits per heavy atom. The van der Waals surface area contributed by atoms with E-state index in [1.807, 2.05) is 6.07 Å². The van der Waals surface area contributed by atoms with E-state index in [2.05, 4.69) is 104 Å². The van der Waals surface area contributed by atoms with E-state index in [1.165, 1.54) is 38.9 Å². The summed E-state index contributed by atoms with van der Waals surface area (Å²) in [4.78, 5) is 0. The molecule has 0 saturated heterocycles. The van der Waals surface area contributed by atoms with Gasteiger partial charge < -0.3 is 0 Å². The molecule has 0 amide bonds. The third-order valence-electron chi connectivity index (χ3n) is 4.56. The lowest BCUT2D eigenvalue weighted by atomic mass is 9.98. The van der Waals surface area contributed by atoms with E-state index >= 15 is 0 Å². The molecule has 4 rings (SSSR count). The third kappa shape index (κ3) is 3.39. The van der Waals surface area contributed by atoms with Crippen molar-refractivity contribution in [2.75, 3.05) is 0 Å². The maximum Gasteiger partial charge on any atom is -0.0181 e. The fourth-order valence-electron chi connectivity index (χ4n) is 3.17. The third-order valence-corrected chi connectivity index (χ3v) is 4.56. The van der Waals surface area contributed by atoms with Gasteiger partial charge in [-0.15, -0.1) is 0 Å². The van der Waals surface area contributed by atoms with Gasteiger partial charge in [-0.3, -0.25) is 0 Å². The standard InChI is InChI=1S/C25H20/c1-19-6-5-9-25(18-19)24-16-14-23(15-17-24)22-12-10-21(11-13-22)20-7-3-2-4-8-20/h2-18H,1H3. The molecule has 0 aliphatic carbocycles. The molecule has 25 heavy (non-hydrogen) atoms. The number of benzene rings is 4. The lowest BCUT2D eigenvalue weighted by Crippen LogP contribution is -1.82. The molecular formula is C25H20. The number of hydrogen-bond acceptors (Lipinski definition) is 0. The summed E-state index contributed by atoms with van der Waals surface area (Å²) < 4.78 is 0. The van der Waals surface area contributed by atoms with Gasteiger partial charge in [-0.05, 0) is 40.3 Å². The summed E-state index contributed by atoms with van der Waals surface area (Å²) in [5, 5.41) is 0. The van der Waals surface area contributed by atoms with Crippen molar-refractivity contribution < 1.29 is 0 Å². The zero-order valence-corrected chi connectivity index (χ0v) is 14.3. The van der Waals surface area contributed by atoms with E-state index in [-0.39, 0.29) is 0 Å². The van der Waals surface area contributed by atoms with Crippen LogP contribution in [0.4, 0.5) is 0 Å². The predicted molar refractivity (Wildman–Crippen MR) is 107 cm³/mol. The molecular weight excluding hydrogens is 300 g/mol. The molecule has 0 aliphatic rings. The quantitative estimate of drug-likeness (QED) is 0.381. The van der Waals surface area contributed by atoms with Gasteiger partial charge in [0.15, 0.2) is 0 Å². The van der Waals surface area contributed by atoms with Crippen molar-refractivity contribution in [3.8, 4) is 33.4 Å². The minimum Gasteiger partial charge on any atom is -0.0622 e. The number of rotatable bonds is 3. The summed E-state index contributed by atoms with van der Waals surface area (Å²) in [5.74, 6) is 0. The second-order valence-corrected chi connectivity index (χ2v) is 6.39. The van der Waals surface area contributed by atoms with Crippen LogP contribution in [-0.4, -0.2) is 0 Å². The van der Waals surface area contributed by atoms with Crippen LogP contribution in [-0.2, 0) is 0 Å². The Morgan fingerprint density at radius 2 is 0.760 bits per heavy atom. The van der Waals surface area contributed by atoms with E-state index in [4.69, 9.17) is 0 Å². The lowest BCUT2D eigenvalue weighted by molar-refractivity contribution is 1.47. The van der Waals surface area contributed by atoms with Crippen molar-refractivity contribution >= 4 is 0 Å². The molecule has 0 bridgehead atoms. The van der Waals surface area contributed by atoms with Crippen LogP contribution in [0, 0.1) is 6.92 Å². The topological polar surface area (TPSA) is 0 Å². The monoisotopic (exact) mass is 320 g/mol. The predicted octanol–water partition coefficient (Wildman–Crippen LogP) is 7.00. The van der Waals surface area contributed by atoms with Crippen LogP contribution in [0.2, 0.25) is 0 Å². The Balaban J connectivity index is 1.60. The minimum atomic E-state index is 1.25.